The molecule has 1 N–H and O–H groups in total. The number of hydrogen-bond donors (Lipinski definition) is 1. The Bertz CT molecular complexity index is 441. The van der Waals surface area contributed by atoms with Crippen molar-refractivity contribution in [3.63, 3.8) is 0 Å². The van der Waals surface area contributed by atoms with E-state index in [0.29, 0.717) is 5.02 Å². The van der Waals surface area contributed by atoms with Crippen LogP contribution in [-0.2, 0) is 9.84 Å². The molecule has 0 fully saturated rings. The summed E-state index contributed by atoms with van der Waals surface area (Å²) in [5.41, 5.74) is 0. The Labute approximate surface area is 87.6 Å². The van der Waals surface area contributed by atoms with E-state index in [2.05, 4.69) is 0 Å². The minimum absolute atomic E-state index is 0.107. The largest absolute Gasteiger partial charge is 0.512 e. The molecule has 1 aromatic rings. The maximum atomic E-state index is 11.5. The molecule has 0 saturated heterocycles. The number of allylic oxidation sites excluding steroid dienone is 1. The fourth-order valence-corrected chi connectivity index (χ4v) is 2.14. The third-order valence-corrected chi connectivity index (χ3v) is 3.30. The van der Waals surface area contributed by atoms with Crippen LogP contribution in [0.4, 0.5) is 0 Å². The van der Waals surface area contributed by atoms with Crippen LogP contribution in [-0.4, -0.2) is 13.5 Å². The molecular weight excluding hydrogens is 224 g/mol. The van der Waals surface area contributed by atoms with Crippen molar-refractivity contribution in [2.75, 3.05) is 0 Å². The van der Waals surface area contributed by atoms with E-state index in [1.165, 1.54) is 31.2 Å². The third kappa shape index (κ3) is 2.75. The topological polar surface area (TPSA) is 54.4 Å². The Morgan fingerprint density at radius 1 is 1.36 bits per heavy atom. The van der Waals surface area contributed by atoms with Crippen LogP contribution in [0.25, 0.3) is 0 Å². The molecule has 3 nitrogen and oxygen atoms in total. The molecule has 0 amide bonds. The van der Waals surface area contributed by atoms with E-state index in [1.54, 1.807) is 0 Å². The van der Waals surface area contributed by atoms with Gasteiger partial charge < -0.3 is 5.11 Å². The Balaban J connectivity index is 3.18. The first-order valence-electron chi connectivity index (χ1n) is 3.80. The smallest absolute Gasteiger partial charge is 0.203 e. The number of aliphatic hydroxyl groups excluding tert-OH is 1. The Morgan fingerprint density at radius 3 is 2.29 bits per heavy atom. The van der Waals surface area contributed by atoms with Crippen molar-refractivity contribution in [2.45, 2.75) is 11.8 Å². The molecule has 0 heterocycles. The van der Waals surface area contributed by atoms with Crippen LogP contribution in [0.3, 0.4) is 0 Å². The average molecular weight is 233 g/mol. The number of hydrogen-bond acceptors (Lipinski definition) is 3. The highest BCUT2D eigenvalue weighted by molar-refractivity contribution is 7.94. The standard InChI is InChI=1S/C9H9ClO3S/c1-7(11)6-14(12,13)9-4-2-8(10)3-5-9/h2-6,11H,1H3. The average Bonchev–Trinajstić information content (AvgIpc) is 2.02. The van der Waals surface area contributed by atoms with E-state index in [0.717, 1.165) is 5.41 Å². The lowest BCUT2D eigenvalue weighted by Gasteiger charge is -1.98. The summed E-state index contributed by atoms with van der Waals surface area (Å²) >= 11 is 5.61. The van der Waals surface area contributed by atoms with Crippen molar-refractivity contribution in [3.05, 3.63) is 40.5 Å². The summed E-state index contributed by atoms with van der Waals surface area (Å²) in [7, 11) is -3.55. The lowest BCUT2D eigenvalue weighted by Crippen LogP contribution is -1.96. The first-order chi connectivity index (χ1) is 6.42. The summed E-state index contributed by atoms with van der Waals surface area (Å²) in [5.74, 6) is -0.250. The zero-order valence-corrected chi connectivity index (χ0v) is 9.01. The number of halogens is 1. The van der Waals surface area contributed by atoms with Gasteiger partial charge in [-0.05, 0) is 31.2 Å². The van der Waals surface area contributed by atoms with Gasteiger partial charge in [0.1, 0.15) is 5.76 Å². The van der Waals surface area contributed by atoms with E-state index >= 15 is 0 Å². The van der Waals surface area contributed by atoms with Crippen LogP contribution in [0, 0.1) is 0 Å². The molecule has 0 unspecified atom stereocenters. The van der Waals surface area contributed by atoms with Crippen LogP contribution >= 0.6 is 11.6 Å². The highest BCUT2D eigenvalue weighted by Crippen LogP contribution is 2.16. The van der Waals surface area contributed by atoms with Gasteiger partial charge in [0, 0.05) is 5.02 Å². The van der Waals surface area contributed by atoms with Gasteiger partial charge in [-0.2, -0.15) is 0 Å². The van der Waals surface area contributed by atoms with Gasteiger partial charge in [-0.15, -0.1) is 0 Å². The van der Waals surface area contributed by atoms with Gasteiger partial charge in [0.2, 0.25) is 9.84 Å². The van der Waals surface area contributed by atoms with Gasteiger partial charge in [0.05, 0.1) is 10.3 Å². The quantitative estimate of drug-likeness (QED) is 0.798. The Hall–Kier alpha value is -1.00. The Morgan fingerprint density at radius 2 is 1.86 bits per heavy atom. The predicted molar refractivity (Wildman–Crippen MR) is 55.0 cm³/mol. The maximum Gasteiger partial charge on any atom is 0.203 e. The molecule has 1 rings (SSSR count). The number of rotatable bonds is 2. The molecule has 0 saturated carbocycles. The summed E-state index contributed by atoms with van der Waals surface area (Å²) in [4.78, 5) is 0.107. The summed E-state index contributed by atoms with van der Waals surface area (Å²) in [6.07, 6.45) is 0. The van der Waals surface area contributed by atoms with Gasteiger partial charge in [-0.1, -0.05) is 11.6 Å². The number of benzene rings is 1. The fourth-order valence-electron chi connectivity index (χ4n) is 0.917. The zero-order valence-electron chi connectivity index (χ0n) is 7.44. The van der Waals surface area contributed by atoms with Crippen LogP contribution in [0.15, 0.2) is 40.3 Å². The highest BCUT2D eigenvalue weighted by atomic mass is 35.5. The monoisotopic (exact) mass is 232 g/mol. The zero-order chi connectivity index (χ0) is 10.8. The summed E-state index contributed by atoms with van der Waals surface area (Å²) in [6.45, 7) is 1.30. The summed E-state index contributed by atoms with van der Waals surface area (Å²) in [6, 6.07) is 5.73. The summed E-state index contributed by atoms with van der Waals surface area (Å²) < 4.78 is 22.9. The highest BCUT2D eigenvalue weighted by Gasteiger charge is 2.10. The molecule has 0 aliphatic rings. The first-order valence-corrected chi connectivity index (χ1v) is 5.72. The minimum atomic E-state index is -3.55. The normalized spacial score (nSPS) is 12.9. The number of aliphatic hydroxyl groups is 1. The molecule has 0 bridgehead atoms. The van der Waals surface area contributed by atoms with Gasteiger partial charge in [0.15, 0.2) is 0 Å². The molecule has 1 aromatic carbocycles. The van der Waals surface area contributed by atoms with E-state index in [-0.39, 0.29) is 10.7 Å². The summed E-state index contributed by atoms with van der Waals surface area (Å²) in [5, 5.41) is 10.1. The van der Waals surface area contributed by atoms with E-state index < -0.39 is 9.84 Å². The van der Waals surface area contributed by atoms with Crippen LogP contribution < -0.4 is 0 Å². The van der Waals surface area contributed by atoms with Crippen molar-refractivity contribution in [1.82, 2.24) is 0 Å². The van der Waals surface area contributed by atoms with Crippen LogP contribution in [0.5, 0.6) is 0 Å². The molecule has 14 heavy (non-hydrogen) atoms. The number of sulfone groups is 1. The fraction of sp³-hybridized carbons (Fsp3) is 0.111. The molecule has 0 aliphatic heterocycles. The SMILES string of the molecule is CC(O)=CS(=O)(=O)c1ccc(Cl)cc1. The molecule has 5 heteroatoms. The van der Waals surface area contributed by atoms with Crippen LogP contribution in [0.2, 0.25) is 5.02 Å². The van der Waals surface area contributed by atoms with E-state index in [4.69, 9.17) is 16.7 Å². The molecule has 0 radical (unpaired) electrons. The molecule has 76 valence electrons. The van der Waals surface area contributed by atoms with Crippen molar-refractivity contribution in [2.24, 2.45) is 0 Å². The molecule has 0 spiro atoms. The predicted octanol–water partition coefficient (Wildman–Crippen LogP) is 2.53. The minimum Gasteiger partial charge on any atom is -0.512 e. The first kappa shape index (κ1) is 11.1. The lowest BCUT2D eigenvalue weighted by atomic mass is 10.4. The third-order valence-electron chi connectivity index (χ3n) is 1.47. The molecule has 0 aromatic heterocycles. The van der Waals surface area contributed by atoms with Crippen molar-refractivity contribution in [3.8, 4) is 0 Å². The van der Waals surface area contributed by atoms with Gasteiger partial charge in [0.25, 0.3) is 0 Å². The van der Waals surface area contributed by atoms with Gasteiger partial charge in [-0.3, -0.25) is 0 Å². The molecule has 0 aliphatic carbocycles. The second-order valence-electron chi connectivity index (χ2n) is 2.76. The lowest BCUT2D eigenvalue weighted by molar-refractivity contribution is 0.415. The Kier molecular flexibility index (Phi) is 3.18. The second kappa shape index (κ2) is 4.02. The van der Waals surface area contributed by atoms with Crippen LogP contribution in [0.1, 0.15) is 6.92 Å². The second-order valence-corrected chi connectivity index (χ2v) is 4.99. The van der Waals surface area contributed by atoms with E-state index in [1.807, 2.05) is 0 Å². The van der Waals surface area contributed by atoms with Gasteiger partial charge in [-0.25, -0.2) is 8.42 Å². The van der Waals surface area contributed by atoms with E-state index in [9.17, 15) is 8.42 Å². The molecule has 0 atom stereocenters. The van der Waals surface area contributed by atoms with Crippen molar-refractivity contribution < 1.29 is 13.5 Å². The van der Waals surface area contributed by atoms with Crippen molar-refractivity contribution in [1.29, 1.82) is 0 Å². The van der Waals surface area contributed by atoms with Gasteiger partial charge >= 0.3 is 0 Å². The molecular formula is C9H9ClO3S. The maximum absolute atomic E-state index is 11.5. The van der Waals surface area contributed by atoms with Crippen molar-refractivity contribution >= 4 is 21.4 Å².